The maximum atomic E-state index is 13.8. The van der Waals surface area contributed by atoms with Gasteiger partial charge in [-0.3, -0.25) is 4.79 Å². The number of carbonyl (C=O) groups excluding carboxylic acids is 1. The Morgan fingerprint density at radius 2 is 1.59 bits per heavy atom. The normalized spacial score (nSPS) is 25.9. The largest absolute Gasteiger partial charge is 0.573 e. The summed E-state index contributed by atoms with van der Waals surface area (Å²) in [6.07, 6.45) is 13.5. The zero-order valence-corrected chi connectivity index (χ0v) is 19.9. The average molecular weight is 485 g/mol. The van der Waals surface area contributed by atoms with Crippen LogP contribution in [0.3, 0.4) is 0 Å². The van der Waals surface area contributed by atoms with Gasteiger partial charge in [-0.1, -0.05) is 44.8 Å². The predicted octanol–water partition coefficient (Wildman–Crippen LogP) is 8.38. The van der Waals surface area contributed by atoms with Crippen molar-refractivity contribution in [3.8, 4) is 11.5 Å². The first-order valence-corrected chi connectivity index (χ1v) is 12.7. The molecule has 0 spiro atoms. The summed E-state index contributed by atoms with van der Waals surface area (Å²) in [5, 5.41) is 0. The van der Waals surface area contributed by atoms with E-state index in [0.717, 1.165) is 37.0 Å². The van der Waals surface area contributed by atoms with Gasteiger partial charge in [0.1, 0.15) is 5.75 Å². The van der Waals surface area contributed by atoms with Gasteiger partial charge in [-0.2, -0.15) is 0 Å². The number of carbonyl (C=O) groups is 1. The highest BCUT2D eigenvalue weighted by atomic mass is 19.4. The van der Waals surface area contributed by atoms with Gasteiger partial charge in [-0.05, 0) is 81.3 Å². The summed E-state index contributed by atoms with van der Waals surface area (Å²) < 4.78 is 59.4. The molecule has 2 saturated carbocycles. The Hall–Kier alpha value is -2.05. The second kappa shape index (κ2) is 12.6. The van der Waals surface area contributed by atoms with E-state index >= 15 is 0 Å². The van der Waals surface area contributed by atoms with E-state index in [1.807, 2.05) is 0 Å². The minimum atomic E-state index is -4.99. The molecule has 0 bridgehead atoms. The van der Waals surface area contributed by atoms with Gasteiger partial charge in [0.15, 0.2) is 11.6 Å². The molecule has 3 nitrogen and oxygen atoms in total. The number of allylic oxidation sites excluding steroid dienone is 2. The van der Waals surface area contributed by atoms with Crippen LogP contribution in [0.25, 0.3) is 0 Å². The van der Waals surface area contributed by atoms with Gasteiger partial charge in [0.05, 0.1) is 5.92 Å². The Labute approximate surface area is 199 Å². The summed E-state index contributed by atoms with van der Waals surface area (Å²) >= 11 is 0. The van der Waals surface area contributed by atoms with Gasteiger partial charge in [0, 0.05) is 6.07 Å². The van der Waals surface area contributed by atoms with Crippen molar-refractivity contribution >= 4 is 5.97 Å². The van der Waals surface area contributed by atoms with Crippen LogP contribution in [-0.2, 0) is 4.79 Å². The Morgan fingerprint density at radius 3 is 2.15 bits per heavy atom. The Morgan fingerprint density at radius 1 is 0.971 bits per heavy atom. The van der Waals surface area contributed by atoms with Crippen molar-refractivity contribution < 1.29 is 31.8 Å². The smallest absolute Gasteiger partial charge is 0.426 e. The number of esters is 1. The van der Waals surface area contributed by atoms with Crippen molar-refractivity contribution in [1.29, 1.82) is 0 Å². The SMILES string of the molecule is CCCCCC1CCC(/C=C/C2CCC(C(=O)Oc3ccc(OC(F)(F)F)c(F)c3)CC2)CC1. The molecule has 1 aromatic carbocycles. The Bertz CT molecular complexity index is 805. The Balaban J connectivity index is 1.38. The van der Waals surface area contributed by atoms with Crippen molar-refractivity contribution in [2.45, 2.75) is 90.3 Å². The quantitative estimate of drug-likeness (QED) is 0.116. The highest BCUT2D eigenvalue weighted by molar-refractivity contribution is 5.75. The summed E-state index contributed by atoms with van der Waals surface area (Å²) in [5.74, 6) is -1.02. The fourth-order valence-corrected chi connectivity index (χ4v) is 5.17. The van der Waals surface area contributed by atoms with Crippen molar-refractivity contribution in [1.82, 2.24) is 0 Å². The van der Waals surface area contributed by atoms with Crippen LogP contribution in [0.1, 0.15) is 84.0 Å². The molecule has 190 valence electrons. The predicted molar refractivity (Wildman–Crippen MR) is 123 cm³/mol. The van der Waals surface area contributed by atoms with Crippen LogP contribution in [0.4, 0.5) is 17.6 Å². The van der Waals surface area contributed by atoms with Gasteiger partial charge in [-0.25, -0.2) is 4.39 Å². The molecule has 2 aliphatic carbocycles. The first-order valence-electron chi connectivity index (χ1n) is 12.7. The highest BCUT2D eigenvalue weighted by Gasteiger charge is 2.33. The van der Waals surface area contributed by atoms with Crippen LogP contribution in [0.15, 0.2) is 30.4 Å². The van der Waals surface area contributed by atoms with Crippen LogP contribution in [-0.4, -0.2) is 12.3 Å². The van der Waals surface area contributed by atoms with Crippen molar-refractivity contribution in [2.24, 2.45) is 23.7 Å². The second-order valence-corrected chi connectivity index (χ2v) is 9.83. The summed E-state index contributed by atoms with van der Waals surface area (Å²) in [6, 6.07) is 2.66. The van der Waals surface area contributed by atoms with Crippen LogP contribution < -0.4 is 9.47 Å². The monoisotopic (exact) mass is 484 g/mol. The van der Waals surface area contributed by atoms with E-state index in [1.54, 1.807) is 0 Å². The molecule has 0 radical (unpaired) electrons. The molecule has 0 atom stereocenters. The van der Waals surface area contributed by atoms with Crippen LogP contribution in [0.2, 0.25) is 0 Å². The zero-order chi connectivity index (χ0) is 24.6. The lowest BCUT2D eigenvalue weighted by molar-refractivity contribution is -0.275. The van der Waals surface area contributed by atoms with Gasteiger partial charge in [0.2, 0.25) is 0 Å². The third kappa shape index (κ3) is 8.62. The topological polar surface area (TPSA) is 35.5 Å². The molecule has 2 aliphatic rings. The molecule has 0 heterocycles. The number of benzene rings is 1. The maximum absolute atomic E-state index is 13.8. The van der Waals surface area contributed by atoms with Gasteiger partial charge in [0.25, 0.3) is 0 Å². The van der Waals surface area contributed by atoms with Gasteiger partial charge in [-0.15, -0.1) is 13.2 Å². The average Bonchev–Trinajstić information content (AvgIpc) is 2.80. The van der Waals surface area contributed by atoms with E-state index in [9.17, 15) is 22.4 Å². The molecule has 0 amide bonds. The number of rotatable bonds is 9. The molecular formula is C27H36F4O3. The molecule has 0 N–H and O–H groups in total. The van der Waals surface area contributed by atoms with Crippen molar-refractivity contribution in [2.75, 3.05) is 0 Å². The Kier molecular flexibility index (Phi) is 9.84. The van der Waals surface area contributed by atoms with E-state index in [2.05, 4.69) is 23.8 Å². The van der Waals surface area contributed by atoms with Gasteiger partial charge < -0.3 is 9.47 Å². The first kappa shape index (κ1) is 26.6. The molecule has 0 unspecified atom stereocenters. The van der Waals surface area contributed by atoms with Crippen LogP contribution in [0, 0.1) is 29.5 Å². The van der Waals surface area contributed by atoms with E-state index in [-0.39, 0.29) is 11.7 Å². The van der Waals surface area contributed by atoms with Crippen LogP contribution in [0.5, 0.6) is 11.5 Å². The summed E-state index contributed by atoms with van der Waals surface area (Å²) in [4.78, 5) is 12.5. The van der Waals surface area contributed by atoms with E-state index in [0.29, 0.717) is 24.7 Å². The fraction of sp³-hybridized carbons (Fsp3) is 0.667. The highest BCUT2D eigenvalue weighted by Crippen LogP contribution is 2.35. The van der Waals surface area contributed by atoms with E-state index in [1.165, 1.54) is 51.4 Å². The number of hydrogen-bond acceptors (Lipinski definition) is 3. The molecule has 2 fully saturated rings. The number of ether oxygens (including phenoxy) is 2. The molecule has 0 saturated heterocycles. The molecule has 0 aromatic heterocycles. The lowest BCUT2D eigenvalue weighted by atomic mass is 9.78. The standard InChI is InChI=1S/C27H36F4O3/c1-2-3-4-5-19-6-8-20(9-7-19)10-11-21-12-14-22(15-13-21)26(32)33-23-16-17-25(24(28)18-23)34-27(29,30)31/h10-11,16-22H,2-9,12-15H2,1H3/b11-10+. The van der Waals surface area contributed by atoms with Crippen molar-refractivity contribution in [3.05, 3.63) is 36.2 Å². The zero-order valence-electron chi connectivity index (χ0n) is 19.9. The lowest BCUT2D eigenvalue weighted by Crippen LogP contribution is -2.25. The third-order valence-electron chi connectivity index (χ3n) is 7.22. The number of halogens is 4. The summed E-state index contributed by atoms with van der Waals surface area (Å²) in [7, 11) is 0. The van der Waals surface area contributed by atoms with Gasteiger partial charge >= 0.3 is 12.3 Å². The molecule has 34 heavy (non-hydrogen) atoms. The number of alkyl halides is 3. The molecule has 7 heteroatoms. The lowest BCUT2D eigenvalue weighted by Gasteiger charge is -2.28. The maximum Gasteiger partial charge on any atom is 0.573 e. The number of hydrogen-bond donors (Lipinski definition) is 0. The number of unbranched alkanes of at least 4 members (excludes halogenated alkanes) is 2. The van der Waals surface area contributed by atoms with E-state index in [4.69, 9.17) is 4.74 Å². The third-order valence-corrected chi connectivity index (χ3v) is 7.22. The molecule has 0 aliphatic heterocycles. The molecule has 1 aromatic rings. The fourth-order valence-electron chi connectivity index (χ4n) is 5.17. The van der Waals surface area contributed by atoms with Crippen LogP contribution >= 0.6 is 0 Å². The minimum absolute atomic E-state index is 0.121. The van der Waals surface area contributed by atoms with E-state index < -0.39 is 23.9 Å². The molecule has 3 rings (SSSR count). The molecular weight excluding hydrogens is 448 g/mol. The summed E-state index contributed by atoms with van der Waals surface area (Å²) in [6.45, 7) is 2.25. The second-order valence-electron chi connectivity index (χ2n) is 9.83. The first-order chi connectivity index (χ1) is 16.2. The van der Waals surface area contributed by atoms with Crippen molar-refractivity contribution in [3.63, 3.8) is 0 Å². The summed E-state index contributed by atoms with van der Waals surface area (Å²) in [5.41, 5.74) is 0. The minimum Gasteiger partial charge on any atom is -0.426 e.